The zero-order valence-corrected chi connectivity index (χ0v) is 21.6. The second-order valence-corrected chi connectivity index (χ2v) is 12.5. The highest BCUT2D eigenvalue weighted by molar-refractivity contribution is 7.92. The van der Waals surface area contributed by atoms with E-state index in [4.69, 9.17) is 11.6 Å². The minimum atomic E-state index is -4.03. The van der Waals surface area contributed by atoms with Crippen molar-refractivity contribution in [2.75, 3.05) is 5.32 Å². The summed E-state index contributed by atoms with van der Waals surface area (Å²) in [5.41, 5.74) is -1.04. The quantitative estimate of drug-likeness (QED) is 0.401. The Kier molecular flexibility index (Phi) is 7.02. The molecule has 2 aromatic carbocycles. The van der Waals surface area contributed by atoms with Crippen molar-refractivity contribution >= 4 is 33.0 Å². The number of amides is 1. The van der Waals surface area contributed by atoms with Gasteiger partial charge in [0, 0.05) is 35.3 Å². The van der Waals surface area contributed by atoms with Crippen LogP contribution in [0.1, 0.15) is 47.7 Å². The molecular formula is C27H25ClF2N2O5S. The molecule has 2 aliphatic rings. The number of fused-ring (bicyclic) bond motifs is 2. The molecule has 1 amide bonds. The molecule has 11 heteroatoms. The predicted octanol–water partition coefficient (Wildman–Crippen LogP) is 4.69. The van der Waals surface area contributed by atoms with Crippen molar-refractivity contribution in [3.05, 3.63) is 88.7 Å². The van der Waals surface area contributed by atoms with Gasteiger partial charge in [0.15, 0.2) is 21.5 Å². The zero-order chi connectivity index (χ0) is 27.2. The Balaban J connectivity index is 1.39. The van der Waals surface area contributed by atoms with Crippen LogP contribution in [0.15, 0.2) is 65.8 Å². The first-order valence-electron chi connectivity index (χ1n) is 12.1. The minimum Gasteiger partial charge on any atom is -0.386 e. The SMILES string of the molecule is O=C(Nc1ccc(F)c(F)c1)c1ccc(Cl)c(S(=O)(=O)C2CC3CC[C@@H](C2)C3(O)[C@H](O)c2cccnc2)c1. The van der Waals surface area contributed by atoms with E-state index in [-0.39, 0.29) is 34.0 Å². The van der Waals surface area contributed by atoms with Crippen LogP contribution in [-0.4, -0.2) is 40.4 Å². The molecule has 3 aromatic rings. The largest absolute Gasteiger partial charge is 0.386 e. The van der Waals surface area contributed by atoms with Crippen LogP contribution in [0.3, 0.4) is 0 Å². The number of aromatic nitrogens is 1. The summed E-state index contributed by atoms with van der Waals surface area (Å²) in [5, 5.41) is 24.1. The lowest BCUT2D eigenvalue weighted by atomic mass is 9.70. The number of carbonyl (C=O) groups excluding carboxylic acids is 1. The Morgan fingerprint density at radius 3 is 2.42 bits per heavy atom. The maximum Gasteiger partial charge on any atom is 0.255 e. The van der Waals surface area contributed by atoms with Gasteiger partial charge < -0.3 is 15.5 Å². The predicted molar refractivity (Wildman–Crippen MR) is 136 cm³/mol. The van der Waals surface area contributed by atoms with Crippen molar-refractivity contribution in [3.8, 4) is 0 Å². The van der Waals surface area contributed by atoms with Gasteiger partial charge in [0.25, 0.3) is 5.91 Å². The molecule has 0 spiro atoms. The van der Waals surface area contributed by atoms with Crippen LogP contribution in [0.2, 0.25) is 5.02 Å². The normalized spacial score (nSPS) is 25.7. The molecule has 38 heavy (non-hydrogen) atoms. The fourth-order valence-electron chi connectivity index (χ4n) is 5.87. The number of rotatable bonds is 6. The van der Waals surface area contributed by atoms with Gasteiger partial charge >= 0.3 is 0 Å². The van der Waals surface area contributed by atoms with Gasteiger partial charge in [-0.1, -0.05) is 17.7 Å². The molecule has 1 aromatic heterocycles. The highest BCUT2D eigenvalue weighted by Crippen LogP contribution is 2.56. The number of halogens is 3. The third kappa shape index (κ3) is 4.59. The van der Waals surface area contributed by atoms with Gasteiger partial charge in [0.1, 0.15) is 11.7 Å². The number of aliphatic hydroxyl groups is 2. The monoisotopic (exact) mass is 562 g/mol. The average molecular weight is 563 g/mol. The number of hydrogen-bond donors (Lipinski definition) is 3. The van der Waals surface area contributed by atoms with Gasteiger partial charge in [-0.3, -0.25) is 9.78 Å². The van der Waals surface area contributed by atoms with Gasteiger partial charge in [-0.05, 0) is 73.9 Å². The Morgan fingerprint density at radius 2 is 1.79 bits per heavy atom. The summed E-state index contributed by atoms with van der Waals surface area (Å²) in [5.74, 6) is -3.85. The molecule has 5 rings (SSSR count). The summed E-state index contributed by atoms with van der Waals surface area (Å²) in [4.78, 5) is 16.5. The fraction of sp³-hybridized carbons (Fsp3) is 0.333. The van der Waals surface area contributed by atoms with Crippen LogP contribution in [0, 0.1) is 23.5 Å². The van der Waals surface area contributed by atoms with Crippen LogP contribution in [0.5, 0.6) is 0 Å². The summed E-state index contributed by atoms with van der Waals surface area (Å²) in [7, 11) is -4.03. The molecule has 1 heterocycles. The van der Waals surface area contributed by atoms with Gasteiger partial charge in [0.05, 0.1) is 15.2 Å². The highest BCUT2D eigenvalue weighted by Gasteiger charge is 2.59. The summed E-state index contributed by atoms with van der Waals surface area (Å²) < 4.78 is 54.2. The Bertz CT molecular complexity index is 1470. The van der Waals surface area contributed by atoms with Crippen LogP contribution in [0.25, 0.3) is 0 Å². The molecule has 3 N–H and O–H groups in total. The van der Waals surface area contributed by atoms with Crippen molar-refractivity contribution in [3.63, 3.8) is 0 Å². The van der Waals surface area contributed by atoms with Gasteiger partial charge in [-0.2, -0.15) is 0 Å². The first kappa shape index (κ1) is 26.7. The van der Waals surface area contributed by atoms with Crippen LogP contribution >= 0.6 is 11.6 Å². The van der Waals surface area contributed by atoms with E-state index in [1.54, 1.807) is 18.3 Å². The summed E-state index contributed by atoms with van der Waals surface area (Å²) in [6.07, 6.45) is 3.21. The lowest BCUT2D eigenvalue weighted by Crippen LogP contribution is -2.52. The lowest BCUT2D eigenvalue weighted by molar-refractivity contribution is -0.144. The molecular weight excluding hydrogens is 538 g/mol. The molecule has 2 aliphatic carbocycles. The number of sulfone groups is 1. The van der Waals surface area contributed by atoms with Gasteiger partial charge in [0.2, 0.25) is 0 Å². The van der Waals surface area contributed by atoms with E-state index in [1.807, 2.05) is 0 Å². The van der Waals surface area contributed by atoms with E-state index in [9.17, 15) is 32.2 Å². The summed E-state index contributed by atoms with van der Waals surface area (Å²) in [6, 6.07) is 10.0. The van der Waals surface area contributed by atoms with E-state index in [1.165, 1.54) is 30.5 Å². The number of pyridine rings is 1. The average Bonchev–Trinajstić information content (AvgIpc) is 3.06. The maximum atomic E-state index is 13.7. The van der Waals surface area contributed by atoms with Crippen molar-refractivity contribution in [1.82, 2.24) is 4.98 Å². The second kappa shape index (κ2) is 10.00. The number of hydrogen-bond acceptors (Lipinski definition) is 6. The third-order valence-electron chi connectivity index (χ3n) is 7.82. The molecule has 2 bridgehead atoms. The lowest BCUT2D eigenvalue weighted by Gasteiger charge is -2.45. The second-order valence-electron chi connectivity index (χ2n) is 9.91. The zero-order valence-electron chi connectivity index (χ0n) is 20.0. The third-order valence-corrected chi connectivity index (χ3v) is 10.5. The smallest absolute Gasteiger partial charge is 0.255 e. The van der Waals surface area contributed by atoms with Crippen molar-refractivity contribution in [2.24, 2.45) is 11.8 Å². The summed E-state index contributed by atoms with van der Waals surface area (Å²) >= 11 is 6.28. The number of nitrogens with one attached hydrogen (secondary N) is 1. The number of carbonyl (C=O) groups is 1. The molecule has 2 saturated carbocycles. The molecule has 0 saturated heterocycles. The van der Waals surface area contributed by atoms with Gasteiger partial charge in [-0.15, -0.1) is 0 Å². The molecule has 0 aliphatic heterocycles. The highest BCUT2D eigenvalue weighted by atomic mass is 35.5. The number of anilines is 1. The minimum absolute atomic E-state index is 0.00331. The summed E-state index contributed by atoms with van der Waals surface area (Å²) in [6.45, 7) is 0. The van der Waals surface area contributed by atoms with E-state index in [0.717, 1.165) is 12.1 Å². The Hall–Kier alpha value is -2.92. The van der Waals surface area contributed by atoms with Crippen LogP contribution < -0.4 is 5.32 Å². The molecule has 0 radical (unpaired) electrons. The number of nitrogens with zero attached hydrogens (tertiary/aromatic N) is 1. The van der Waals surface area contributed by atoms with E-state index in [0.29, 0.717) is 18.4 Å². The first-order valence-corrected chi connectivity index (χ1v) is 14.0. The molecule has 2 fully saturated rings. The number of aliphatic hydroxyl groups excluding tert-OH is 1. The maximum absolute atomic E-state index is 13.7. The van der Waals surface area contributed by atoms with E-state index in [2.05, 4.69) is 10.3 Å². The Morgan fingerprint density at radius 1 is 1.08 bits per heavy atom. The first-order chi connectivity index (χ1) is 18.0. The van der Waals surface area contributed by atoms with Crippen LogP contribution in [-0.2, 0) is 9.84 Å². The van der Waals surface area contributed by atoms with Crippen molar-refractivity contribution in [2.45, 2.75) is 47.5 Å². The number of benzene rings is 2. The van der Waals surface area contributed by atoms with E-state index < -0.39 is 56.2 Å². The van der Waals surface area contributed by atoms with Gasteiger partial charge in [-0.25, -0.2) is 17.2 Å². The van der Waals surface area contributed by atoms with E-state index >= 15 is 0 Å². The Labute approximate surface area is 223 Å². The molecule has 5 atom stereocenters. The van der Waals surface area contributed by atoms with Crippen LogP contribution in [0.4, 0.5) is 14.5 Å². The van der Waals surface area contributed by atoms with Crippen molar-refractivity contribution < 1.29 is 32.2 Å². The molecule has 3 unspecified atom stereocenters. The fourth-order valence-corrected chi connectivity index (χ4v) is 8.27. The topological polar surface area (TPSA) is 117 Å². The molecule has 7 nitrogen and oxygen atoms in total. The molecule has 200 valence electrons. The standard InChI is InChI=1S/C27H25ClF2N2O5S/c28-21-7-3-15(26(34)32-19-6-8-22(29)23(30)13-19)10-24(21)38(36,37)20-11-17-4-5-18(12-20)27(17,35)25(33)16-2-1-9-31-14-16/h1-3,6-10,13-14,17-18,20,25,33,35H,4-5,11-12H2,(H,32,34)/t17-,18?,20?,25+,27?/m0/s1. The van der Waals surface area contributed by atoms with Crippen molar-refractivity contribution in [1.29, 1.82) is 0 Å².